The number of hydrogen-bond acceptors (Lipinski definition) is 3. The average Bonchev–Trinajstić information content (AvgIpc) is 2.35. The Bertz CT molecular complexity index is 235. The van der Waals surface area contributed by atoms with Gasteiger partial charge in [0.25, 0.3) is 0 Å². The first-order chi connectivity index (χ1) is 7.70. The van der Waals surface area contributed by atoms with Gasteiger partial charge >= 0.3 is 11.8 Å². The third kappa shape index (κ3) is 3.20. The van der Waals surface area contributed by atoms with Crippen LogP contribution in [-0.2, 0) is 9.59 Å². The van der Waals surface area contributed by atoms with Crippen LogP contribution in [0.5, 0.6) is 0 Å². The number of rotatable bonds is 3. The molecule has 1 N–H and O–H groups in total. The van der Waals surface area contributed by atoms with Gasteiger partial charge in [-0.1, -0.05) is 6.92 Å². The standard InChI is InChI=1S/C11H21N3O2/c1-3-7-13(4-2)10(15)11(16)14-8-5-12-6-9-14/h12H,3-9H2,1-2H3. The third-order valence-electron chi connectivity index (χ3n) is 2.75. The van der Waals surface area contributed by atoms with Crippen LogP contribution in [0.2, 0.25) is 0 Å². The van der Waals surface area contributed by atoms with E-state index in [0.717, 1.165) is 19.5 Å². The smallest absolute Gasteiger partial charge is 0.312 e. The van der Waals surface area contributed by atoms with E-state index >= 15 is 0 Å². The first-order valence-corrected chi connectivity index (χ1v) is 5.99. The van der Waals surface area contributed by atoms with E-state index in [4.69, 9.17) is 0 Å². The predicted octanol–water partition coefficient (Wildman–Crippen LogP) is -0.323. The summed E-state index contributed by atoms with van der Waals surface area (Å²) in [5.41, 5.74) is 0. The number of carbonyl (C=O) groups is 2. The van der Waals surface area contributed by atoms with Crippen molar-refractivity contribution in [2.45, 2.75) is 20.3 Å². The Labute approximate surface area is 96.8 Å². The molecule has 0 aromatic rings. The fourth-order valence-corrected chi connectivity index (χ4v) is 1.81. The molecule has 1 saturated heterocycles. The third-order valence-corrected chi connectivity index (χ3v) is 2.75. The van der Waals surface area contributed by atoms with Crippen molar-refractivity contribution < 1.29 is 9.59 Å². The van der Waals surface area contributed by atoms with E-state index in [1.54, 1.807) is 9.80 Å². The normalized spacial score (nSPS) is 16.0. The van der Waals surface area contributed by atoms with Crippen molar-refractivity contribution in [3.63, 3.8) is 0 Å². The molecule has 0 bridgehead atoms. The van der Waals surface area contributed by atoms with Crippen molar-refractivity contribution in [1.82, 2.24) is 15.1 Å². The van der Waals surface area contributed by atoms with Gasteiger partial charge in [0, 0.05) is 39.3 Å². The SMILES string of the molecule is CCCN(CC)C(=O)C(=O)N1CCNCC1. The zero-order valence-corrected chi connectivity index (χ0v) is 10.2. The molecule has 0 aromatic carbocycles. The quantitative estimate of drug-likeness (QED) is 0.672. The number of piperazine rings is 1. The molecule has 0 unspecified atom stereocenters. The molecule has 0 saturated carbocycles. The van der Waals surface area contributed by atoms with Crippen LogP contribution in [-0.4, -0.2) is 60.9 Å². The average molecular weight is 227 g/mol. The van der Waals surface area contributed by atoms with Gasteiger partial charge in [0.15, 0.2) is 0 Å². The minimum absolute atomic E-state index is 0.350. The van der Waals surface area contributed by atoms with Crippen LogP contribution in [0.25, 0.3) is 0 Å². The first-order valence-electron chi connectivity index (χ1n) is 5.99. The summed E-state index contributed by atoms with van der Waals surface area (Å²) in [6.45, 7) is 7.99. The zero-order chi connectivity index (χ0) is 12.0. The van der Waals surface area contributed by atoms with Crippen LogP contribution < -0.4 is 5.32 Å². The van der Waals surface area contributed by atoms with Crippen molar-refractivity contribution >= 4 is 11.8 Å². The second kappa shape index (κ2) is 6.48. The van der Waals surface area contributed by atoms with E-state index in [-0.39, 0.29) is 11.8 Å². The van der Waals surface area contributed by atoms with Crippen LogP contribution in [0, 0.1) is 0 Å². The number of amides is 2. The maximum atomic E-state index is 11.9. The van der Waals surface area contributed by atoms with Crippen molar-refractivity contribution in [2.24, 2.45) is 0 Å². The molecule has 0 aromatic heterocycles. The first kappa shape index (κ1) is 13.0. The van der Waals surface area contributed by atoms with Gasteiger partial charge in [0.1, 0.15) is 0 Å². The number of hydrogen-bond donors (Lipinski definition) is 1. The van der Waals surface area contributed by atoms with Crippen molar-refractivity contribution in [1.29, 1.82) is 0 Å². The van der Waals surface area contributed by atoms with Crippen molar-refractivity contribution in [3.8, 4) is 0 Å². The van der Waals surface area contributed by atoms with Crippen LogP contribution in [0.15, 0.2) is 0 Å². The van der Waals surface area contributed by atoms with Crippen LogP contribution >= 0.6 is 0 Å². The fraction of sp³-hybridized carbons (Fsp3) is 0.818. The summed E-state index contributed by atoms with van der Waals surface area (Å²) in [6.07, 6.45) is 0.883. The fourth-order valence-electron chi connectivity index (χ4n) is 1.81. The Morgan fingerprint density at radius 2 is 1.88 bits per heavy atom. The summed E-state index contributed by atoms with van der Waals surface area (Å²) < 4.78 is 0. The van der Waals surface area contributed by atoms with E-state index in [9.17, 15) is 9.59 Å². The maximum absolute atomic E-state index is 11.9. The highest BCUT2D eigenvalue weighted by Gasteiger charge is 2.26. The second-order valence-corrected chi connectivity index (χ2v) is 3.93. The lowest BCUT2D eigenvalue weighted by Gasteiger charge is -2.29. The molecule has 1 aliphatic rings. The van der Waals surface area contributed by atoms with E-state index in [2.05, 4.69) is 5.32 Å². The zero-order valence-electron chi connectivity index (χ0n) is 10.2. The van der Waals surface area contributed by atoms with Gasteiger partial charge in [0.2, 0.25) is 0 Å². The summed E-state index contributed by atoms with van der Waals surface area (Å²) in [5, 5.41) is 3.16. The summed E-state index contributed by atoms with van der Waals surface area (Å²) in [5.74, 6) is -0.706. The van der Waals surface area contributed by atoms with Crippen LogP contribution in [0.1, 0.15) is 20.3 Å². The molecule has 1 rings (SSSR count). The largest absolute Gasteiger partial charge is 0.335 e. The van der Waals surface area contributed by atoms with E-state index in [1.165, 1.54) is 0 Å². The van der Waals surface area contributed by atoms with Crippen LogP contribution in [0.3, 0.4) is 0 Å². The Morgan fingerprint density at radius 3 is 2.38 bits per heavy atom. The molecule has 2 amide bonds. The molecule has 0 spiro atoms. The van der Waals surface area contributed by atoms with Gasteiger partial charge in [-0.15, -0.1) is 0 Å². The molecular formula is C11H21N3O2. The van der Waals surface area contributed by atoms with Crippen LogP contribution in [0.4, 0.5) is 0 Å². The molecule has 92 valence electrons. The maximum Gasteiger partial charge on any atom is 0.312 e. The van der Waals surface area contributed by atoms with Gasteiger partial charge in [-0.25, -0.2) is 0 Å². The molecule has 16 heavy (non-hydrogen) atoms. The monoisotopic (exact) mass is 227 g/mol. The van der Waals surface area contributed by atoms with E-state index in [0.29, 0.717) is 26.2 Å². The predicted molar refractivity (Wildman–Crippen MR) is 62.0 cm³/mol. The number of carbonyl (C=O) groups excluding carboxylic acids is 2. The minimum Gasteiger partial charge on any atom is -0.335 e. The number of nitrogens with one attached hydrogen (secondary N) is 1. The molecule has 5 nitrogen and oxygen atoms in total. The Morgan fingerprint density at radius 1 is 1.25 bits per heavy atom. The summed E-state index contributed by atoms with van der Waals surface area (Å²) in [4.78, 5) is 27.0. The summed E-state index contributed by atoms with van der Waals surface area (Å²) >= 11 is 0. The molecule has 1 aliphatic heterocycles. The topological polar surface area (TPSA) is 52.7 Å². The van der Waals surface area contributed by atoms with Crippen molar-refractivity contribution in [3.05, 3.63) is 0 Å². The molecule has 0 radical (unpaired) electrons. The van der Waals surface area contributed by atoms with Gasteiger partial charge < -0.3 is 15.1 Å². The highest BCUT2D eigenvalue weighted by molar-refractivity contribution is 6.34. The Kier molecular flexibility index (Phi) is 5.25. The van der Waals surface area contributed by atoms with Gasteiger partial charge in [-0.05, 0) is 13.3 Å². The Hall–Kier alpha value is -1.10. The lowest BCUT2D eigenvalue weighted by molar-refractivity contribution is -0.152. The summed E-state index contributed by atoms with van der Waals surface area (Å²) in [7, 11) is 0. The van der Waals surface area contributed by atoms with E-state index in [1.807, 2.05) is 13.8 Å². The lowest BCUT2D eigenvalue weighted by Crippen LogP contribution is -2.52. The minimum atomic E-state index is -0.355. The van der Waals surface area contributed by atoms with Gasteiger partial charge in [0.05, 0.1) is 0 Å². The molecule has 0 atom stereocenters. The van der Waals surface area contributed by atoms with E-state index < -0.39 is 0 Å². The molecule has 0 aliphatic carbocycles. The van der Waals surface area contributed by atoms with Gasteiger partial charge in [-0.2, -0.15) is 0 Å². The number of likely N-dealkylation sites (N-methyl/N-ethyl adjacent to an activating group) is 1. The second-order valence-electron chi connectivity index (χ2n) is 3.93. The van der Waals surface area contributed by atoms with Gasteiger partial charge in [-0.3, -0.25) is 9.59 Å². The molecule has 1 fully saturated rings. The lowest BCUT2D eigenvalue weighted by atomic mass is 10.3. The summed E-state index contributed by atoms with van der Waals surface area (Å²) in [6, 6.07) is 0. The number of nitrogens with zero attached hydrogens (tertiary/aromatic N) is 2. The Balaban J connectivity index is 2.53. The molecule has 5 heteroatoms. The van der Waals surface area contributed by atoms with Crippen molar-refractivity contribution in [2.75, 3.05) is 39.3 Å². The highest BCUT2D eigenvalue weighted by atomic mass is 16.2. The highest BCUT2D eigenvalue weighted by Crippen LogP contribution is 1.99. The molecular weight excluding hydrogens is 206 g/mol. The molecule has 1 heterocycles.